The van der Waals surface area contributed by atoms with Gasteiger partial charge >= 0.3 is 17.9 Å². The normalized spacial score (nSPS) is 20.1. The number of benzene rings is 4. The Morgan fingerprint density at radius 2 is 1.17 bits per heavy atom. The number of para-hydroxylation sites is 1. The molecule has 4 aromatic rings. The molecule has 5 unspecified atom stereocenters. The summed E-state index contributed by atoms with van der Waals surface area (Å²) in [6, 6.07) is 28.5. The van der Waals surface area contributed by atoms with E-state index in [0.717, 1.165) is 42.6 Å². The van der Waals surface area contributed by atoms with Crippen molar-refractivity contribution in [2.24, 2.45) is 23.2 Å². The van der Waals surface area contributed by atoms with Crippen LogP contribution in [0.25, 0.3) is 0 Å². The van der Waals surface area contributed by atoms with E-state index in [9.17, 15) is 19.5 Å². The van der Waals surface area contributed by atoms with Crippen LogP contribution in [0.1, 0.15) is 135 Å². The summed E-state index contributed by atoms with van der Waals surface area (Å²) in [5.74, 6) is 2.58. The second kappa shape index (κ2) is 19.6. The summed E-state index contributed by atoms with van der Waals surface area (Å²) in [6.07, 6.45) is 3.95. The minimum absolute atomic E-state index is 0.0325. The molecule has 8 heteroatoms. The lowest BCUT2D eigenvalue weighted by atomic mass is 9.86. The molecule has 8 nitrogen and oxygen atoms in total. The second-order valence-electron chi connectivity index (χ2n) is 17.3. The van der Waals surface area contributed by atoms with E-state index in [-0.39, 0.29) is 47.3 Å². The number of rotatable bonds is 6. The lowest BCUT2D eigenvalue weighted by Gasteiger charge is -2.34. The van der Waals surface area contributed by atoms with Gasteiger partial charge in [-0.15, -0.1) is 0 Å². The molecule has 0 radical (unpaired) electrons. The number of aromatic hydroxyl groups is 2. The van der Waals surface area contributed by atoms with Gasteiger partial charge in [0.2, 0.25) is 0 Å². The Labute approximate surface area is 346 Å². The fraction of sp³-hybridized carbons (Fsp3) is 0.460. The van der Waals surface area contributed by atoms with Crippen LogP contribution in [0.3, 0.4) is 0 Å². The number of ether oxygens (including phenoxy) is 3. The third-order valence-electron chi connectivity index (χ3n) is 12.5. The Morgan fingerprint density at radius 1 is 0.690 bits per heavy atom. The summed E-state index contributed by atoms with van der Waals surface area (Å²) < 4.78 is 16.2. The van der Waals surface area contributed by atoms with Crippen molar-refractivity contribution in [1.29, 1.82) is 0 Å². The zero-order chi connectivity index (χ0) is 42.9. The summed E-state index contributed by atoms with van der Waals surface area (Å²) in [6.45, 7) is 22.1. The zero-order valence-corrected chi connectivity index (χ0v) is 36.3. The highest BCUT2D eigenvalue weighted by Crippen LogP contribution is 2.40. The van der Waals surface area contributed by atoms with E-state index in [1.807, 2.05) is 91.8 Å². The van der Waals surface area contributed by atoms with Crippen LogP contribution in [0, 0.1) is 23.2 Å². The molecule has 0 fully saturated rings. The van der Waals surface area contributed by atoms with E-state index in [0.29, 0.717) is 23.3 Å². The molecule has 58 heavy (non-hydrogen) atoms. The van der Waals surface area contributed by atoms with Gasteiger partial charge in [0.05, 0.1) is 17.3 Å². The lowest BCUT2D eigenvalue weighted by Crippen LogP contribution is -2.41. The van der Waals surface area contributed by atoms with E-state index < -0.39 is 11.0 Å². The number of phenolic OH excluding ortho intramolecular Hbond substituents is 2. The van der Waals surface area contributed by atoms with Gasteiger partial charge in [0.15, 0.2) is 0 Å². The van der Waals surface area contributed by atoms with E-state index in [1.165, 1.54) is 22.8 Å². The van der Waals surface area contributed by atoms with Crippen LogP contribution >= 0.6 is 0 Å². The maximum atomic E-state index is 12.3. The zero-order valence-electron chi connectivity index (χ0n) is 36.3. The Bertz CT molecular complexity index is 1990. The van der Waals surface area contributed by atoms with Gasteiger partial charge in [-0.2, -0.15) is 0 Å². The Morgan fingerprint density at radius 3 is 1.71 bits per heavy atom. The predicted octanol–water partition coefficient (Wildman–Crippen LogP) is 11.5. The molecule has 3 aliphatic rings. The third kappa shape index (κ3) is 11.3. The second-order valence-corrected chi connectivity index (χ2v) is 17.3. The molecule has 0 saturated heterocycles. The summed E-state index contributed by atoms with van der Waals surface area (Å²) in [5.41, 5.74) is 5.32. The van der Waals surface area contributed by atoms with Crippen molar-refractivity contribution < 1.29 is 38.8 Å². The van der Waals surface area contributed by atoms with Crippen molar-refractivity contribution in [3.8, 4) is 23.0 Å². The number of hydrogen-bond donors (Lipinski definition) is 2. The lowest BCUT2D eigenvalue weighted by molar-refractivity contribution is -0.172. The van der Waals surface area contributed by atoms with Gasteiger partial charge < -0.3 is 24.4 Å². The first-order chi connectivity index (χ1) is 27.3. The summed E-state index contributed by atoms with van der Waals surface area (Å²) in [5, 5.41) is 18.3. The highest BCUT2D eigenvalue weighted by molar-refractivity contribution is 5.79. The molecule has 2 N–H and O–H groups in total. The van der Waals surface area contributed by atoms with Crippen LogP contribution < -0.4 is 9.47 Å². The molecule has 7 rings (SSSR count). The van der Waals surface area contributed by atoms with Gasteiger partial charge in [-0.1, -0.05) is 103 Å². The predicted molar refractivity (Wildman–Crippen MR) is 229 cm³/mol. The van der Waals surface area contributed by atoms with Crippen molar-refractivity contribution in [3.63, 3.8) is 0 Å². The molecular formula is C50H64O8. The van der Waals surface area contributed by atoms with Crippen LogP contribution in [0.2, 0.25) is 0 Å². The molecule has 0 aromatic heterocycles. The largest absolute Gasteiger partial charge is 0.508 e. The number of carbonyl (C=O) groups excluding carboxylic acids is 3. The number of esters is 3. The highest BCUT2D eigenvalue weighted by Gasteiger charge is 2.40. The first-order valence-electron chi connectivity index (χ1n) is 20.7. The SMILES string of the molecule is CC1C(=O)Oc2ccc(O)cc2C1C.CC1C(=O)Oc2ccccc2C1C.CCC(C)(C)C(=O)OC(C)(C)C1Cc2ccccc2C1.CCC(C)c1ccc(O)cc1. The van der Waals surface area contributed by atoms with E-state index in [4.69, 9.17) is 19.3 Å². The molecule has 312 valence electrons. The molecule has 1 aliphatic carbocycles. The first kappa shape index (κ1) is 45.6. The maximum Gasteiger partial charge on any atom is 0.314 e. The molecular weight excluding hydrogens is 729 g/mol. The minimum atomic E-state index is -0.414. The molecule has 4 aromatic carbocycles. The first-order valence-corrected chi connectivity index (χ1v) is 20.7. The number of hydrogen-bond acceptors (Lipinski definition) is 8. The van der Waals surface area contributed by atoms with E-state index >= 15 is 0 Å². The molecule has 0 saturated carbocycles. The fourth-order valence-electron chi connectivity index (χ4n) is 6.98. The molecule has 0 amide bonds. The highest BCUT2D eigenvalue weighted by atomic mass is 16.6. The van der Waals surface area contributed by atoms with Crippen LogP contribution in [0.4, 0.5) is 0 Å². The maximum absolute atomic E-state index is 12.3. The van der Waals surface area contributed by atoms with Gasteiger partial charge in [-0.25, -0.2) is 0 Å². The van der Waals surface area contributed by atoms with Gasteiger partial charge in [-0.3, -0.25) is 14.4 Å². The molecule has 2 aliphatic heterocycles. The molecule has 2 heterocycles. The van der Waals surface area contributed by atoms with Gasteiger partial charge in [-0.05, 0) is 130 Å². The average molecular weight is 793 g/mol. The number of carbonyl (C=O) groups is 3. The van der Waals surface area contributed by atoms with Crippen molar-refractivity contribution in [2.75, 3.05) is 0 Å². The number of fused-ring (bicyclic) bond motifs is 3. The topological polar surface area (TPSA) is 119 Å². The van der Waals surface area contributed by atoms with Crippen molar-refractivity contribution in [3.05, 3.63) is 119 Å². The van der Waals surface area contributed by atoms with Crippen LogP contribution in [-0.2, 0) is 32.0 Å². The summed E-state index contributed by atoms with van der Waals surface area (Å²) in [4.78, 5) is 35.0. The smallest absolute Gasteiger partial charge is 0.314 e. The summed E-state index contributed by atoms with van der Waals surface area (Å²) >= 11 is 0. The quantitative estimate of drug-likeness (QED) is 0.146. The standard InChI is InChI=1S/C18H26O2.C11H12O3.C11H12O2.C10H14O/c1-6-17(2,3)16(19)20-18(4,5)15-11-13-9-7-8-10-14(13)12-15;1-6-7(2)11(13)14-10-4-3-8(12)5-9(6)10;1-7-8(2)11(12)13-10-6-4-3-5-9(7)10;1-3-8(2)9-4-6-10(11)7-5-9/h7-10,15H,6,11-12H2,1-5H3;3-7,12H,1-2H3;3-8H,1-2H3;4-8,11H,3H2,1-2H3. The van der Waals surface area contributed by atoms with Crippen molar-refractivity contribution in [1.82, 2.24) is 0 Å². The minimum Gasteiger partial charge on any atom is -0.508 e. The van der Waals surface area contributed by atoms with Crippen LogP contribution in [0.15, 0.2) is 91.0 Å². The molecule has 0 bridgehead atoms. The Balaban J connectivity index is 0.000000176. The summed E-state index contributed by atoms with van der Waals surface area (Å²) in [7, 11) is 0. The Kier molecular flexibility index (Phi) is 15.4. The monoisotopic (exact) mass is 792 g/mol. The number of phenols is 2. The molecule has 5 atom stereocenters. The Hall–Kier alpha value is -5.11. The van der Waals surface area contributed by atoms with Crippen LogP contribution in [0.5, 0.6) is 23.0 Å². The van der Waals surface area contributed by atoms with Gasteiger partial charge in [0.25, 0.3) is 0 Å². The van der Waals surface area contributed by atoms with Crippen molar-refractivity contribution in [2.45, 2.75) is 125 Å². The van der Waals surface area contributed by atoms with Gasteiger partial charge in [0.1, 0.15) is 28.6 Å². The van der Waals surface area contributed by atoms with E-state index in [2.05, 4.69) is 45.0 Å². The van der Waals surface area contributed by atoms with Gasteiger partial charge in [0, 0.05) is 11.5 Å². The molecule has 0 spiro atoms. The van der Waals surface area contributed by atoms with E-state index in [1.54, 1.807) is 24.3 Å². The fourth-order valence-corrected chi connectivity index (χ4v) is 6.98. The average Bonchev–Trinajstić information content (AvgIpc) is 3.66. The van der Waals surface area contributed by atoms with Crippen molar-refractivity contribution >= 4 is 17.9 Å². The van der Waals surface area contributed by atoms with Crippen LogP contribution in [-0.4, -0.2) is 33.7 Å². The third-order valence-corrected chi connectivity index (χ3v) is 12.5.